The van der Waals surface area contributed by atoms with Gasteiger partial charge in [-0.15, -0.1) is 0 Å². The van der Waals surface area contributed by atoms with E-state index in [-0.39, 0.29) is 6.03 Å². The first-order valence-corrected chi connectivity index (χ1v) is 6.36. The Morgan fingerprint density at radius 3 is 2.89 bits per heavy atom. The third-order valence-corrected chi connectivity index (χ3v) is 2.67. The Hall–Kier alpha value is -2.30. The monoisotopic (exact) mass is 258 g/mol. The van der Waals surface area contributed by atoms with Crippen molar-refractivity contribution in [2.24, 2.45) is 0 Å². The Labute approximate surface area is 112 Å². The van der Waals surface area contributed by atoms with E-state index in [1.165, 1.54) is 0 Å². The Balaban J connectivity index is 1.93. The van der Waals surface area contributed by atoms with E-state index >= 15 is 0 Å². The molecule has 0 radical (unpaired) electrons. The van der Waals surface area contributed by atoms with E-state index < -0.39 is 0 Å². The minimum Gasteiger partial charge on any atom is -0.308 e. The van der Waals surface area contributed by atoms with Gasteiger partial charge in [0.05, 0.1) is 0 Å². The van der Waals surface area contributed by atoms with Crippen LogP contribution in [0, 0.1) is 6.92 Å². The van der Waals surface area contributed by atoms with E-state index in [1.807, 2.05) is 37.3 Å². The molecule has 0 saturated heterocycles. The summed E-state index contributed by atoms with van der Waals surface area (Å²) in [4.78, 5) is 11.8. The minimum absolute atomic E-state index is 0.292. The molecule has 2 aromatic rings. The third-order valence-electron chi connectivity index (χ3n) is 2.67. The number of nitrogens with zero attached hydrogens (tertiary/aromatic N) is 1. The number of anilines is 2. The number of nitrogens with one attached hydrogen (secondary N) is 3. The minimum atomic E-state index is -0.292. The first-order chi connectivity index (χ1) is 9.17. The fourth-order valence-corrected chi connectivity index (χ4v) is 1.82. The summed E-state index contributed by atoms with van der Waals surface area (Å²) >= 11 is 0. The molecule has 0 aliphatic heterocycles. The molecule has 0 fully saturated rings. The number of aromatic nitrogens is 2. The van der Waals surface area contributed by atoms with Gasteiger partial charge in [0, 0.05) is 17.4 Å². The number of carbonyl (C=O) groups excluding carboxylic acids is 1. The highest BCUT2D eigenvalue weighted by Gasteiger charge is 2.05. The summed E-state index contributed by atoms with van der Waals surface area (Å²) in [6.45, 7) is 4.08. The number of hydrogen-bond donors (Lipinski definition) is 3. The van der Waals surface area contributed by atoms with Crippen LogP contribution in [0.1, 0.15) is 24.6 Å². The normalized spacial score (nSPS) is 10.2. The lowest BCUT2D eigenvalue weighted by Crippen LogP contribution is -2.19. The average molecular weight is 258 g/mol. The first-order valence-electron chi connectivity index (χ1n) is 6.36. The molecule has 1 aromatic heterocycles. The van der Waals surface area contributed by atoms with Crippen LogP contribution in [0.3, 0.4) is 0 Å². The number of aryl methyl sites for hydroxylation is 2. The van der Waals surface area contributed by atoms with Crippen molar-refractivity contribution in [1.29, 1.82) is 0 Å². The summed E-state index contributed by atoms with van der Waals surface area (Å²) < 4.78 is 0. The fourth-order valence-electron chi connectivity index (χ4n) is 1.82. The molecule has 2 rings (SSSR count). The highest BCUT2D eigenvalue weighted by atomic mass is 16.2. The molecule has 0 spiro atoms. The van der Waals surface area contributed by atoms with Gasteiger partial charge < -0.3 is 5.32 Å². The Morgan fingerprint density at radius 1 is 1.32 bits per heavy atom. The van der Waals surface area contributed by atoms with Crippen LogP contribution in [-0.4, -0.2) is 16.2 Å². The van der Waals surface area contributed by atoms with Crippen LogP contribution in [0.15, 0.2) is 30.3 Å². The first kappa shape index (κ1) is 13.1. The molecule has 1 aromatic carbocycles. The summed E-state index contributed by atoms with van der Waals surface area (Å²) in [6.07, 6.45) is 1.96. The molecule has 0 unspecified atom stereocenters. The van der Waals surface area contributed by atoms with Crippen molar-refractivity contribution >= 4 is 17.5 Å². The van der Waals surface area contributed by atoms with Crippen LogP contribution >= 0.6 is 0 Å². The third kappa shape index (κ3) is 3.84. The Kier molecular flexibility index (Phi) is 4.18. The number of benzene rings is 1. The van der Waals surface area contributed by atoms with Gasteiger partial charge in [0.25, 0.3) is 0 Å². The van der Waals surface area contributed by atoms with Gasteiger partial charge in [-0.25, -0.2) is 4.79 Å². The standard InChI is InChI=1S/C14H18N4O/c1-3-5-12-9-13(18-17-12)16-14(19)15-11-7-4-6-10(2)8-11/h4,6-9H,3,5H2,1-2H3,(H3,15,16,17,18,19). The van der Waals surface area contributed by atoms with Crippen LogP contribution in [-0.2, 0) is 6.42 Å². The molecule has 5 heteroatoms. The second-order valence-corrected chi connectivity index (χ2v) is 4.48. The molecule has 0 bridgehead atoms. The van der Waals surface area contributed by atoms with Gasteiger partial charge >= 0.3 is 6.03 Å². The van der Waals surface area contributed by atoms with Crippen LogP contribution in [0.4, 0.5) is 16.3 Å². The van der Waals surface area contributed by atoms with Gasteiger partial charge in [-0.3, -0.25) is 10.4 Å². The van der Waals surface area contributed by atoms with Gasteiger partial charge in [0.15, 0.2) is 5.82 Å². The predicted octanol–water partition coefficient (Wildman–Crippen LogP) is 3.31. The lowest BCUT2D eigenvalue weighted by Gasteiger charge is -2.05. The van der Waals surface area contributed by atoms with E-state index in [0.29, 0.717) is 5.82 Å². The molecule has 0 atom stereocenters. The number of urea groups is 1. The maximum absolute atomic E-state index is 11.8. The predicted molar refractivity (Wildman–Crippen MR) is 76.4 cm³/mol. The molecule has 100 valence electrons. The molecular formula is C14H18N4O. The van der Waals surface area contributed by atoms with E-state index in [0.717, 1.165) is 29.8 Å². The van der Waals surface area contributed by atoms with Crippen molar-refractivity contribution in [3.05, 3.63) is 41.6 Å². The highest BCUT2D eigenvalue weighted by molar-refractivity contribution is 5.99. The highest BCUT2D eigenvalue weighted by Crippen LogP contribution is 2.11. The van der Waals surface area contributed by atoms with Crippen molar-refractivity contribution in [3.63, 3.8) is 0 Å². The maximum atomic E-state index is 11.8. The summed E-state index contributed by atoms with van der Waals surface area (Å²) in [5, 5.41) is 12.4. The zero-order chi connectivity index (χ0) is 13.7. The molecule has 0 saturated carbocycles. The summed E-state index contributed by atoms with van der Waals surface area (Å²) in [7, 11) is 0. The number of amides is 2. The molecular weight excluding hydrogens is 240 g/mol. The zero-order valence-electron chi connectivity index (χ0n) is 11.2. The quantitative estimate of drug-likeness (QED) is 0.787. The molecule has 5 nitrogen and oxygen atoms in total. The molecule has 1 heterocycles. The lowest BCUT2D eigenvalue weighted by atomic mass is 10.2. The van der Waals surface area contributed by atoms with Gasteiger partial charge in [0.2, 0.25) is 0 Å². The number of carbonyl (C=O) groups is 1. The maximum Gasteiger partial charge on any atom is 0.324 e. The van der Waals surface area contributed by atoms with Crippen molar-refractivity contribution < 1.29 is 4.79 Å². The van der Waals surface area contributed by atoms with Gasteiger partial charge in [0.1, 0.15) is 0 Å². The molecule has 19 heavy (non-hydrogen) atoms. The van der Waals surface area contributed by atoms with Crippen LogP contribution in [0.2, 0.25) is 0 Å². The number of rotatable bonds is 4. The molecule has 3 N–H and O–H groups in total. The summed E-state index contributed by atoms with van der Waals surface area (Å²) in [5.41, 5.74) is 2.89. The van der Waals surface area contributed by atoms with Crippen molar-refractivity contribution in [2.75, 3.05) is 10.6 Å². The summed E-state index contributed by atoms with van der Waals surface area (Å²) in [6, 6.07) is 9.19. The smallest absolute Gasteiger partial charge is 0.308 e. The Bertz CT molecular complexity index is 562. The van der Waals surface area contributed by atoms with Gasteiger partial charge in [-0.1, -0.05) is 25.5 Å². The summed E-state index contributed by atoms with van der Waals surface area (Å²) in [5.74, 6) is 0.536. The van der Waals surface area contributed by atoms with E-state index in [1.54, 1.807) is 0 Å². The number of aromatic amines is 1. The average Bonchev–Trinajstić information content (AvgIpc) is 2.77. The molecule has 0 aliphatic carbocycles. The van der Waals surface area contributed by atoms with Gasteiger partial charge in [-0.05, 0) is 31.0 Å². The lowest BCUT2D eigenvalue weighted by molar-refractivity contribution is 0.262. The van der Waals surface area contributed by atoms with Crippen LogP contribution in [0.25, 0.3) is 0 Å². The molecule has 2 amide bonds. The van der Waals surface area contributed by atoms with Crippen LogP contribution < -0.4 is 10.6 Å². The second kappa shape index (κ2) is 6.04. The fraction of sp³-hybridized carbons (Fsp3) is 0.286. The van der Waals surface area contributed by atoms with E-state index in [2.05, 4.69) is 27.8 Å². The SMILES string of the molecule is CCCc1cc(NC(=O)Nc2cccc(C)c2)n[nH]1. The second-order valence-electron chi connectivity index (χ2n) is 4.48. The molecule has 0 aliphatic rings. The van der Waals surface area contributed by atoms with Gasteiger partial charge in [-0.2, -0.15) is 5.10 Å². The zero-order valence-corrected chi connectivity index (χ0v) is 11.2. The Morgan fingerprint density at radius 2 is 2.16 bits per heavy atom. The number of H-pyrrole nitrogens is 1. The number of hydrogen-bond acceptors (Lipinski definition) is 2. The topological polar surface area (TPSA) is 69.8 Å². The van der Waals surface area contributed by atoms with Crippen molar-refractivity contribution in [3.8, 4) is 0 Å². The van der Waals surface area contributed by atoms with Crippen molar-refractivity contribution in [2.45, 2.75) is 26.7 Å². The van der Waals surface area contributed by atoms with E-state index in [9.17, 15) is 4.79 Å². The van der Waals surface area contributed by atoms with Crippen molar-refractivity contribution in [1.82, 2.24) is 10.2 Å². The van der Waals surface area contributed by atoms with E-state index in [4.69, 9.17) is 0 Å². The van der Waals surface area contributed by atoms with Crippen LogP contribution in [0.5, 0.6) is 0 Å². The largest absolute Gasteiger partial charge is 0.324 e.